The average molecular weight is 383 g/mol. The summed E-state index contributed by atoms with van der Waals surface area (Å²) in [6, 6.07) is 11.1. The van der Waals surface area contributed by atoms with Gasteiger partial charge in [0.2, 0.25) is 10.0 Å². The predicted octanol–water partition coefficient (Wildman–Crippen LogP) is 1.81. The van der Waals surface area contributed by atoms with Gasteiger partial charge in [-0.25, -0.2) is 13.4 Å². The number of aromatic nitrogens is 1. The Morgan fingerprint density at radius 2 is 1.84 bits per heavy atom. The number of rotatable bonds is 5. The summed E-state index contributed by atoms with van der Waals surface area (Å²) in [4.78, 5) is 5.35. The molecule has 0 unspecified atom stereocenters. The first kappa shape index (κ1) is 18.1. The molecule has 1 aromatic heterocycles. The summed E-state index contributed by atoms with van der Waals surface area (Å²) in [5.41, 5.74) is 1.12. The number of anilines is 1. The Morgan fingerprint density at radius 1 is 1.16 bits per heavy atom. The molecule has 3 rings (SSSR count). The molecule has 0 saturated carbocycles. The smallest absolute Gasteiger partial charge is 0.274 e. The van der Waals surface area contributed by atoms with Crippen molar-refractivity contribution in [3.05, 3.63) is 53.2 Å². The Hall–Kier alpha value is -1.67. The van der Waals surface area contributed by atoms with Gasteiger partial charge >= 0.3 is 0 Å². The molecule has 0 bridgehead atoms. The van der Waals surface area contributed by atoms with Gasteiger partial charge in [0.15, 0.2) is 0 Å². The maximum absolute atomic E-state index is 12.6. The van der Waals surface area contributed by atoms with Crippen LogP contribution in [0.3, 0.4) is 0 Å². The Kier molecular flexibility index (Phi) is 5.58. The van der Waals surface area contributed by atoms with Crippen LogP contribution >= 0.6 is 11.6 Å². The van der Waals surface area contributed by atoms with Crippen molar-refractivity contribution >= 4 is 27.4 Å². The van der Waals surface area contributed by atoms with E-state index in [0.717, 1.165) is 11.4 Å². The summed E-state index contributed by atoms with van der Waals surface area (Å²) in [7, 11) is -1.54. The third-order valence-electron chi connectivity index (χ3n) is 4.12. The van der Waals surface area contributed by atoms with Crippen LogP contribution in [0.5, 0.6) is 0 Å². The second-order valence-electron chi connectivity index (χ2n) is 5.91. The van der Waals surface area contributed by atoms with Gasteiger partial charge in [-0.3, -0.25) is 4.90 Å². The van der Waals surface area contributed by atoms with Gasteiger partial charge in [-0.05, 0) is 23.8 Å². The molecule has 25 heavy (non-hydrogen) atoms. The van der Waals surface area contributed by atoms with Crippen LogP contribution in [0.2, 0.25) is 5.02 Å². The maximum atomic E-state index is 12.6. The molecule has 1 N–H and O–H groups in total. The van der Waals surface area contributed by atoms with Crippen LogP contribution in [0.15, 0.2) is 47.5 Å². The Morgan fingerprint density at radius 3 is 2.44 bits per heavy atom. The topological polar surface area (TPSA) is 64.0 Å². The highest BCUT2D eigenvalue weighted by atomic mass is 35.5. The van der Waals surface area contributed by atoms with E-state index < -0.39 is 10.0 Å². The number of nitrogens with zero attached hydrogens (tertiary/aromatic N) is 2. The van der Waals surface area contributed by atoms with Crippen molar-refractivity contribution < 1.29 is 18.1 Å². The van der Waals surface area contributed by atoms with Crippen molar-refractivity contribution in [3.63, 3.8) is 0 Å². The Bertz CT molecular complexity index is 804. The summed E-state index contributed by atoms with van der Waals surface area (Å²) in [6.07, 6.45) is 1.54. The predicted molar refractivity (Wildman–Crippen MR) is 96.1 cm³/mol. The van der Waals surface area contributed by atoms with Gasteiger partial charge in [0, 0.05) is 24.2 Å². The largest absolute Gasteiger partial charge is 0.379 e. The molecule has 1 aliphatic rings. The zero-order valence-electron chi connectivity index (χ0n) is 14.0. The van der Waals surface area contributed by atoms with Gasteiger partial charge in [0.1, 0.15) is 17.6 Å². The van der Waals surface area contributed by atoms with Gasteiger partial charge in [-0.1, -0.05) is 23.7 Å². The van der Waals surface area contributed by atoms with Crippen molar-refractivity contribution in [2.45, 2.75) is 11.4 Å². The number of sulfonamides is 1. The molecule has 1 fully saturated rings. The fraction of sp³-hybridized carbons (Fsp3) is 0.353. The SMILES string of the molecule is CN(Cc1ccc(Cl)cc1)c1ccc(S(=O)(=O)N2CCOCC2)c[nH+]1. The van der Waals surface area contributed by atoms with Gasteiger partial charge < -0.3 is 4.74 Å². The number of nitrogens with one attached hydrogen (secondary N) is 1. The van der Waals surface area contributed by atoms with E-state index in [0.29, 0.717) is 37.9 Å². The molecule has 6 nitrogen and oxygen atoms in total. The lowest BCUT2D eigenvalue weighted by Crippen LogP contribution is -2.41. The number of morpholine rings is 1. The Labute approximate surface area is 153 Å². The fourth-order valence-corrected chi connectivity index (χ4v) is 4.19. The minimum atomic E-state index is -3.48. The molecule has 1 aromatic carbocycles. The van der Waals surface area contributed by atoms with Crippen molar-refractivity contribution in [1.29, 1.82) is 0 Å². The van der Waals surface area contributed by atoms with Crippen LogP contribution < -0.4 is 9.88 Å². The summed E-state index contributed by atoms with van der Waals surface area (Å²) in [6.45, 7) is 2.33. The van der Waals surface area contributed by atoms with E-state index >= 15 is 0 Å². The van der Waals surface area contributed by atoms with Crippen molar-refractivity contribution in [3.8, 4) is 0 Å². The molecular weight excluding hydrogens is 362 g/mol. The van der Waals surface area contributed by atoms with E-state index in [1.807, 2.05) is 36.2 Å². The van der Waals surface area contributed by atoms with E-state index in [1.165, 1.54) is 4.31 Å². The van der Waals surface area contributed by atoms with Crippen molar-refractivity contribution in [2.24, 2.45) is 0 Å². The van der Waals surface area contributed by atoms with Crippen LogP contribution in [0.4, 0.5) is 5.82 Å². The van der Waals surface area contributed by atoms with Gasteiger partial charge in [-0.15, -0.1) is 0 Å². The number of H-pyrrole nitrogens is 1. The zero-order valence-corrected chi connectivity index (χ0v) is 15.6. The number of hydrogen-bond acceptors (Lipinski definition) is 4. The summed E-state index contributed by atoms with van der Waals surface area (Å²) < 4.78 is 31.9. The van der Waals surface area contributed by atoms with E-state index in [4.69, 9.17) is 16.3 Å². The lowest BCUT2D eigenvalue weighted by molar-refractivity contribution is -0.367. The van der Waals surface area contributed by atoms with E-state index in [9.17, 15) is 8.42 Å². The molecule has 2 heterocycles. The zero-order chi connectivity index (χ0) is 17.9. The molecule has 0 amide bonds. The number of aromatic amines is 1. The number of hydrogen-bond donors (Lipinski definition) is 0. The summed E-state index contributed by atoms with van der Waals surface area (Å²) >= 11 is 5.90. The van der Waals surface area contributed by atoms with Crippen LogP contribution in [-0.4, -0.2) is 46.1 Å². The molecular formula is C17H21ClN3O3S+. The quantitative estimate of drug-likeness (QED) is 0.791. The highest BCUT2D eigenvalue weighted by molar-refractivity contribution is 7.89. The summed E-state index contributed by atoms with van der Waals surface area (Å²) in [5, 5.41) is 0.704. The van der Waals surface area contributed by atoms with Crippen LogP contribution in [0.1, 0.15) is 5.56 Å². The number of ether oxygens (including phenoxy) is 1. The summed E-state index contributed by atoms with van der Waals surface area (Å²) in [5.74, 6) is 0.830. The highest BCUT2D eigenvalue weighted by Gasteiger charge is 2.27. The Balaban J connectivity index is 1.71. The molecule has 1 aliphatic heterocycles. The first-order chi connectivity index (χ1) is 12.0. The van der Waals surface area contributed by atoms with Gasteiger partial charge in [0.05, 0.1) is 20.3 Å². The molecule has 0 atom stereocenters. The maximum Gasteiger partial charge on any atom is 0.274 e. The number of benzene rings is 1. The molecule has 0 aliphatic carbocycles. The van der Waals surface area contributed by atoms with Crippen LogP contribution in [0.25, 0.3) is 0 Å². The van der Waals surface area contributed by atoms with Crippen LogP contribution in [-0.2, 0) is 21.3 Å². The lowest BCUT2D eigenvalue weighted by Gasteiger charge is -2.25. The molecule has 2 aromatic rings. The van der Waals surface area contributed by atoms with Crippen LogP contribution in [0, 0.1) is 0 Å². The van der Waals surface area contributed by atoms with E-state index in [2.05, 4.69) is 4.98 Å². The third kappa shape index (κ3) is 4.30. The first-order valence-electron chi connectivity index (χ1n) is 8.02. The molecule has 0 spiro atoms. The number of pyridine rings is 1. The third-order valence-corrected chi connectivity index (χ3v) is 6.27. The minimum Gasteiger partial charge on any atom is -0.379 e. The normalized spacial score (nSPS) is 15.9. The second-order valence-corrected chi connectivity index (χ2v) is 8.28. The standard InChI is InChI=1S/C17H20ClN3O3S/c1-20(13-14-2-4-15(18)5-3-14)17-7-6-16(12-19-17)25(22,23)21-8-10-24-11-9-21/h2-7,12H,8-11,13H2,1H3/p+1. The van der Waals surface area contributed by atoms with Gasteiger partial charge in [-0.2, -0.15) is 4.31 Å². The lowest BCUT2D eigenvalue weighted by atomic mass is 10.2. The fourth-order valence-electron chi connectivity index (χ4n) is 2.69. The minimum absolute atomic E-state index is 0.262. The van der Waals surface area contributed by atoms with Crippen molar-refractivity contribution in [1.82, 2.24) is 4.31 Å². The van der Waals surface area contributed by atoms with Gasteiger partial charge in [0.25, 0.3) is 5.82 Å². The molecule has 134 valence electrons. The first-order valence-corrected chi connectivity index (χ1v) is 9.84. The monoisotopic (exact) mass is 382 g/mol. The molecule has 8 heteroatoms. The average Bonchev–Trinajstić information content (AvgIpc) is 2.64. The van der Waals surface area contributed by atoms with Crippen molar-refractivity contribution in [2.75, 3.05) is 38.3 Å². The second kappa shape index (κ2) is 7.70. The molecule has 1 saturated heterocycles. The molecule has 0 radical (unpaired) electrons. The highest BCUT2D eigenvalue weighted by Crippen LogP contribution is 2.18. The van der Waals surface area contributed by atoms with E-state index in [-0.39, 0.29) is 4.90 Å². The number of halogens is 1. The van der Waals surface area contributed by atoms with E-state index in [1.54, 1.807) is 18.3 Å².